The lowest BCUT2D eigenvalue weighted by molar-refractivity contribution is -0.00972. The lowest BCUT2D eigenvalue weighted by atomic mass is 9.89. The van der Waals surface area contributed by atoms with Gasteiger partial charge in [0.1, 0.15) is 0 Å². The first-order valence-electron chi connectivity index (χ1n) is 6.98. The van der Waals surface area contributed by atoms with Gasteiger partial charge in [0, 0.05) is 18.3 Å². The van der Waals surface area contributed by atoms with Gasteiger partial charge in [0.15, 0.2) is 0 Å². The first-order chi connectivity index (χ1) is 8.79. The Morgan fingerprint density at radius 2 is 2.11 bits per heavy atom. The molecule has 0 radical (unpaired) electrons. The fraction of sp³-hybridized carbons (Fsp3) is 0.600. The van der Waals surface area contributed by atoms with Gasteiger partial charge in [0.2, 0.25) is 0 Å². The van der Waals surface area contributed by atoms with Crippen LogP contribution in [0.4, 0.5) is 5.69 Å². The largest absolute Gasteiger partial charge is 0.399 e. The maximum atomic E-state index is 5.91. The van der Waals surface area contributed by atoms with Crippen LogP contribution in [-0.2, 0) is 11.2 Å². The number of para-hydroxylation sites is 1. The van der Waals surface area contributed by atoms with Crippen LogP contribution < -0.4 is 11.1 Å². The number of ether oxygens (including phenoxy) is 1. The zero-order valence-electron chi connectivity index (χ0n) is 11.2. The monoisotopic (exact) mass is 248 g/mol. The predicted molar refractivity (Wildman–Crippen MR) is 75.6 cm³/mol. The Balaban J connectivity index is 1.56. The van der Waals surface area contributed by atoms with Crippen molar-refractivity contribution in [3.8, 4) is 0 Å². The van der Waals surface area contributed by atoms with Gasteiger partial charge in [-0.3, -0.25) is 0 Å². The van der Waals surface area contributed by atoms with Gasteiger partial charge in [-0.15, -0.1) is 0 Å². The minimum absolute atomic E-state index is 0.497. The quantitative estimate of drug-likeness (QED) is 0.575. The molecule has 1 aromatic rings. The van der Waals surface area contributed by atoms with Gasteiger partial charge >= 0.3 is 0 Å². The van der Waals surface area contributed by atoms with Gasteiger partial charge in [0.25, 0.3) is 0 Å². The summed E-state index contributed by atoms with van der Waals surface area (Å²) in [6, 6.07) is 8.79. The van der Waals surface area contributed by atoms with Crippen LogP contribution in [0, 0.1) is 0 Å². The van der Waals surface area contributed by atoms with E-state index >= 15 is 0 Å². The zero-order valence-corrected chi connectivity index (χ0v) is 11.2. The Morgan fingerprint density at radius 1 is 1.33 bits per heavy atom. The van der Waals surface area contributed by atoms with Crippen LogP contribution in [0.2, 0.25) is 0 Å². The number of nitrogens with one attached hydrogen (secondary N) is 1. The lowest BCUT2D eigenvalue weighted by Crippen LogP contribution is -2.45. The Labute approximate surface area is 110 Å². The Bertz CT molecular complexity index is 361. The summed E-state index contributed by atoms with van der Waals surface area (Å²) in [5, 5.41) is 3.58. The normalized spacial score (nSPS) is 22.7. The fourth-order valence-corrected chi connectivity index (χ4v) is 2.45. The molecule has 3 heteroatoms. The molecule has 1 aliphatic rings. The van der Waals surface area contributed by atoms with Crippen molar-refractivity contribution >= 4 is 5.69 Å². The molecule has 18 heavy (non-hydrogen) atoms. The van der Waals surface area contributed by atoms with Crippen LogP contribution in [0.25, 0.3) is 0 Å². The zero-order chi connectivity index (χ0) is 12.8. The van der Waals surface area contributed by atoms with E-state index in [1.807, 2.05) is 12.1 Å². The molecule has 0 amide bonds. The molecular weight excluding hydrogens is 224 g/mol. The lowest BCUT2D eigenvalue weighted by Gasteiger charge is -2.35. The van der Waals surface area contributed by atoms with E-state index in [1.54, 1.807) is 0 Å². The summed E-state index contributed by atoms with van der Waals surface area (Å²) in [5.41, 5.74) is 8.09. The highest BCUT2D eigenvalue weighted by Gasteiger charge is 2.28. The van der Waals surface area contributed by atoms with Crippen molar-refractivity contribution in [2.75, 3.05) is 18.9 Å². The van der Waals surface area contributed by atoms with Crippen molar-refractivity contribution in [1.29, 1.82) is 0 Å². The van der Waals surface area contributed by atoms with Crippen LogP contribution >= 0.6 is 0 Å². The van der Waals surface area contributed by atoms with Crippen molar-refractivity contribution in [3.63, 3.8) is 0 Å². The Hall–Kier alpha value is -1.06. The van der Waals surface area contributed by atoms with E-state index < -0.39 is 0 Å². The van der Waals surface area contributed by atoms with Gasteiger partial charge < -0.3 is 15.8 Å². The summed E-state index contributed by atoms with van der Waals surface area (Å²) < 4.78 is 5.54. The molecule has 0 unspecified atom stereocenters. The van der Waals surface area contributed by atoms with Crippen LogP contribution in [0.5, 0.6) is 0 Å². The standard InChI is InChI=1S/C15H24N2O/c1-2-18-14-10-13(11-14)17-9-5-7-12-6-3-4-8-15(12)16/h3-4,6,8,13-14,17H,2,5,7,9-11,16H2,1H3. The maximum Gasteiger partial charge on any atom is 0.0604 e. The average molecular weight is 248 g/mol. The average Bonchev–Trinajstić information content (AvgIpc) is 2.33. The van der Waals surface area contributed by atoms with Crippen molar-refractivity contribution in [2.24, 2.45) is 0 Å². The molecule has 0 bridgehead atoms. The third kappa shape index (κ3) is 3.72. The fourth-order valence-electron chi connectivity index (χ4n) is 2.45. The number of hydrogen-bond acceptors (Lipinski definition) is 3. The summed E-state index contributed by atoms with van der Waals surface area (Å²) in [4.78, 5) is 0. The third-order valence-electron chi connectivity index (χ3n) is 3.61. The predicted octanol–water partition coefficient (Wildman–Crippen LogP) is 2.36. The maximum absolute atomic E-state index is 5.91. The number of hydrogen-bond donors (Lipinski definition) is 2. The smallest absolute Gasteiger partial charge is 0.0604 e. The van der Waals surface area contributed by atoms with Crippen LogP contribution in [0.3, 0.4) is 0 Å². The highest BCUT2D eigenvalue weighted by Crippen LogP contribution is 2.23. The van der Waals surface area contributed by atoms with E-state index in [0.717, 1.165) is 31.7 Å². The Morgan fingerprint density at radius 3 is 2.83 bits per heavy atom. The van der Waals surface area contributed by atoms with Crippen LogP contribution in [0.15, 0.2) is 24.3 Å². The van der Waals surface area contributed by atoms with Crippen molar-refractivity contribution in [2.45, 2.75) is 44.8 Å². The van der Waals surface area contributed by atoms with Crippen LogP contribution in [-0.4, -0.2) is 25.3 Å². The number of nitrogen functional groups attached to an aromatic ring is 1. The van der Waals surface area contributed by atoms with Gasteiger partial charge in [-0.2, -0.15) is 0 Å². The van der Waals surface area contributed by atoms with Gasteiger partial charge in [0.05, 0.1) is 6.10 Å². The molecule has 100 valence electrons. The molecule has 0 heterocycles. The number of rotatable bonds is 7. The highest BCUT2D eigenvalue weighted by molar-refractivity contribution is 5.46. The molecular formula is C15H24N2O. The van der Waals surface area contributed by atoms with Gasteiger partial charge in [-0.05, 0) is 50.8 Å². The number of nitrogens with two attached hydrogens (primary N) is 1. The molecule has 1 aliphatic carbocycles. The first kappa shape index (κ1) is 13.4. The summed E-state index contributed by atoms with van der Waals surface area (Å²) in [6.07, 6.45) is 5.03. The summed E-state index contributed by atoms with van der Waals surface area (Å²) in [7, 11) is 0. The molecule has 0 spiro atoms. The molecule has 2 rings (SSSR count). The second-order valence-electron chi connectivity index (χ2n) is 5.00. The molecule has 1 fully saturated rings. The number of benzene rings is 1. The molecule has 0 atom stereocenters. The molecule has 1 aromatic carbocycles. The van der Waals surface area contributed by atoms with E-state index in [4.69, 9.17) is 10.5 Å². The minimum Gasteiger partial charge on any atom is -0.399 e. The Kier molecular flexibility index (Phi) is 5.02. The minimum atomic E-state index is 0.497. The van der Waals surface area contributed by atoms with Gasteiger partial charge in [-0.25, -0.2) is 0 Å². The van der Waals surface area contributed by atoms with Crippen molar-refractivity contribution in [3.05, 3.63) is 29.8 Å². The second kappa shape index (κ2) is 6.76. The summed E-state index contributed by atoms with van der Waals surface area (Å²) in [5.74, 6) is 0. The second-order valence-corrected chi connectivity index (χ2v) is 5.00. The van der Waals surface area contributed by atoms with E-state index in [1.165, 1.54) is 18.4 Å². The van der Waals surface area contributed by atoms with Gasteiger partial charge in [-0.1, -0.05) is 18.2 Å². The molecule has 3 nitrogen and oxygen atoms in total. The van der Waals surface area contributed by atoms with E-state index in [9.17, 15) is 0 Å². The molecule has 0 aliphatic heterocycles. The van der Waals surface area contributed by atoms with Crippen molar-refractivity contribution < 1.29 is 4.74 Å². The number of anilines is 1. The summed E-state index contributed by atoms with van der Waals surface area (Å²) in [6.45, 7) is 3.97. The molecule has 0 saturated heterocycles. The highest BCUT2D eigenvalue weighted by atomic mass is 16.5. The van der Waals surface area contributed by atoms with E-state index in [2.05, 4.69) is 24.4 Å². The topological polar surface area (TPSA) is 47.3 Å². The van der Waals surface area contributed by atoms with Crippen molar-refractivity contribution in [1.82, 2.24) is 5.32 Å². The molecule has 1 saturated carbocycles. The summed E-state index contributed by atoms with van der Waals surface area (Å²) >= 11 is 0. The third-order valence-corrected chi connectivity index (χ3v) is 3.61. The molecule has 0 aromatic heterocycles. The van der Waals surface area contributed by atoms with Crippen LogP contribution in [0.1, 0.15) is 31.7 Å². The van der Waals surface area contributed by atoms with E-state index in [0.29, 0.717) is 12.1 Å². The number of aryl methyl sites for hydroxylation is 1. The SMILES string of the molecule is CCOC1CC(NCCCc2ccccc2N)C1. The molecule has 3 N–H and O–H groups in total. The first-order valence-corrected chi connectivity index (χ1v) is 6.98. The van der Waals surface area contributed by atoms with E-state index in [-0.39, 0.29) is 0 Å².